The second kappa shape index (κ2) is 59.6. The summed E-state index contributed by atoms with van der Waals surface area (Å²) in [7, 11) is 0. The molecule has 580 valence electrons. The van der Waals surface area contributed by atoms with Gasteiger partial charge in [0, 0.05) is 5.92 Å². The lowest BCUT2D eigenvalue weighted by atomic mass is 9.67. The number of hydrogen-bond donors (Lipinski definition) is 0. The van der Waals surface area contributed by atoms with Gasteiger partial charge in [0.05, 0.1) is 75.0 Å². The maximum absolute atomic E-state index is 9.56. The lowest BCUT2D eigenvalue weighted by Gasteiger charge is -2.34. The third-order valence-electron chi connectivity index (χ3n) is 22.9. The van der Waals surface area contributed by atoms with Crippen molar-refractivity contribution < 1.29 is 0 Å². The Kier molecular flexibility index (Phi) is 62.7. The van der Waals surface area contributed by atoms with E-state index in [0.29, 0.717) is 53.3 Å². The molecule has 0 aromatic rings. The van der Waals surface area contributed by atoms with Crippen LogP contribution < -0.4 is 0 Å². The van der Waals surface area contributed by atoms with Gasteiger partial charge in [0.1, 0.15) is 0 Å². The predicted molar refractivity (Wildman–Crippen MR) is 449 cm³/mol. The zero-order valence-corrected chi connectivity index (χ0v) is 73.5. The Morgan fingerprint density at radius 2 is 0.706 bits per heavy atom. The molecule has 0 spiro atoms. The highest BCUT2D eigenvalue weighted by atomic mass is 14.5. The van der Waals surface area contributed by atoms with Crippen molar-refractivity contribution in [2.75, 3.05) is 0 Å². The van der Waals surface area contributed by atoms with Crippen LogP contribution in [0.2, 0.25) is 0 Å². The fourth-order valence-corrected chi connectivity index (χ4v) is 12.3. The van der Waals surface area contributed by atoms with E-state index in [1.165, 1.54) is 64.7 Å². The molecular weight excluding hydrogens is 1240 g/mol. The number of nitrogens with zero attached hydrogens (tertiary/aromatic N) is 7. The van der Waals surface area contributed by atoms with Crippen molar-refractivity contribution in [3.63, 3.8) is 0 Å². The Hall–Kier alpha value is -5.65. The Labute approximate surface area is 637 Å². The van der Waals surface area contributed by atoms with Crippen LogP contribution in [0.3, 0.4) is 0 Å². The SMILES string of the molecule is C=CCC(C)(C#N)C(C)CCC=C(C)C.CC(C)=CCCC(C)C(C)(C#N)C(C)C.CC(C)=CCCC(C)C(C)(C#N)C1CCCC1.CC(C)=CCCC(C)C(C)(C)C#N.CCC(C#N)C(C)CCC=C(C)C.CCC(C)(C#N)C(C)CCC=C(C)C.CCCC(C)(C#N)C(C)CCC=C(C)C. The van der Waals surface area contributed by atoms with Gasteiger partial charge in [0.2, 0.25) is 0 Å². The van der Waals surface area contributed by atoms with Crippen molar-refractivity contribution in [3.05, 3.63) is 94.2 Å². The second-order valence-electron chi connectivity index (χ2n) is 34.5. The number of hydrogen-bond acceptors (Lipinski definition) is 7. The average Bonchev–Trinajstić information content (AvgIpc) is 1.60. The van der Waals surface area contributed by atoms with E-state index in [9.17, 15) is 21.0 Å². The largest absolute Gasteiger partial charge is 0.198 e. The van der Waals surface area contributed by atoms with E-state index in [2.05, 4.69) is 299 Å². The number of allylic oxidation sites excluding steroid dienone is 15. The molecule has 13 unspecified atom stereocenters. The highest BCUT2D eigenvalue weighted by molar-refractivity contribution is 5.08. The summed E-state index contributed by atoms with van der Waals surface area (Å²) in [6.07, 6.45) is 43.1. The summed E-state index contributed by atoms with van der Waals surface area (Å²) >= 11 is 0. The Morgan fingerprint density at radius 1 is 0.392 bits per heavy atom. The molecule has 0 N–H and O–H groups in total. The molecule has 1 saturated carbocycles. The van der Waals surface area contributed by atoms with Gasteiger partial charge in [-0.3, -0.25) is 0 Å². The molecule has 0 amide bonds. The molecule has 102 heavy (non-hydrogen) atoms. The van der Waals surface area contributed by atoms with E-state index in [4.69, 9.17) is 15.8 Å². The van der Waals surface area contributed by atoms with E-state index in [1.54, 1.807) is 0 Å². The van der Waals surface area contributed by atoms with Gasteiger partial charge in [0.15, 0.2) is 0 Å². The zero-order chi connectivity index (χ0) is 80.7. The number of nitriles is 7. The third kappa shape index (κ3) is 49.9. The van der Waals surface area contributed by atoms with Crippen LogP contribution in [0, 0.1) is 171 Å². The van der Waals surface area contributed by atoms with Gasteiger partial charge in [0.25, 0.3) is 0 Å². The van der Waals surface area contributed by atoms with Crippen LogP contribution in [0.15, 0.2) is 94.2 Å². The quantitative estimate of drug-likeness (QED) is 0.0563. The summed E-state index contributed by atoms with van der Waals surface area (Å²) < 4.78 is 0. The monoisotopic (exact) mass is 1400 g/mol. The molecular formula is C95H165N7. The van der Waals surface area contributed by atoms with Crippen LogP contribution in [0.5, 0.6) is 0 Å². The first kappa shape index (κ1) is 107. The Bertz CT molecular complexity index is 2760. The van der Waals surface area contributed by atoms with E-state index >= 15 is 0 Å². The molecule has 13 atom stereocenters. The molecule has 7 nitrogen and oxygen atoms in total. The second-order valence-corrected chi connectivity index (χ2v) is 34.5. The van der Waals surface area contributed by atoms with Crippen LogP contribution in [-0.2, 0) is 0 Å². The molecule has 0 radical (unpaired) electrons. The van der Waals surface area contributed by atoms with Crippen LogP contribution in [0.25, 0.3) is 0 Å². The van der Waals surface area contributed by atoms with Gasteiger partial charge in [-0.05, 0) is 327 Å². The van der Waals surface area contributed by atoms with Crippen LogP contribution in [0.4, 0.5) is 0 Å². The third-order valence-corrected chi connectivity index (χ3v) is 22.9. The van der Waals surface area contributed by atoms with Crippen molar-refractivity contribution in [2.24, 2.45) is 91.7 Å². The first-order chi connectivity index (χ1) is 47.2. The summed E-state index contributed by atoms with van der Waals surface area (Å²) in [6.45, 7) is 73.9. The highest BCUT2D eigenvalue weighted by Crippen LogP contribution is 2.46. The minimum Gasteiger partial charge on any atom is -0.198 e. The van der Waals surface area contributed by atoms with Crippen LogP contribution in [-0.4, -0.2) is 0 Å². The first-order valence-corrected chi connectivity index (χ1v) is 40.2. The maximum atomic E-state index is 9.56. The fraction of sp³-hybridized carbons (Fsp3) is 0.758. The van der Waals surface area contributed by atoms with Crippen molar-refractivity contribution in [1.82, 2.24) is 0 Å². The summed E-state index contributed by atoms with van der Waals surface area (Å²) in [5.74, 6) is 4.63. The van der Waals surface area contributed by atoms with E-state index in [-0.39, 0.29) is 38.4 Å². The zero-order valence-electron chi connectivity index (χ0n) is 73.5. The van der Waals surface area contributed by atoms with Crippen molar-refractivity contribution >= 4 is 0 Å². The van der Waals surface area contributed by atoms with Gasteiger partial charge < -0.3 is 0 Å². The molecule has 0 aromatic heterocycles. The molecule has 0 aromatic carbocycles. The molecule has 1 aliphatic rings. The molecule has 0 aliphatic heterocycles. The molecule has 1 rings (SSSR count). The summed E-state index contributed by atoms with van der Waals surface area (Å²) in [4.78, 5) is 0. The number of rotatable bonds is 36. The van der Waals surface area contributed by atoms with E-state index in [0.717, 1.165) is 122 Å². The first-order valence-electron chi connectivity index (χ1n) is 40.2. The maximum Gasteiger partial charge on any atom is 0.0692 e. The standard InChI is InChI=1S/C16H27N.2C14H25N.C14H23N.C13H23N.2C12H21N/c1-13(2)8-7-9-14(3)16(4,12-17)15-10-5-6-11-15;1-11(2)8-7-9-13(5)14(6,10-15)12(3)4;2*1-6-10-14(5,11-15)13(4)9-7-8-12(2)3;1-6-13(5,10-14)12(4)9-7-8-11(2)3;1-10(2)7-6-8-11(3)12(4,5)9-13;1-5-12(9-13)11(4)8-6-7-10(2)3/h8,14-15H,5-7,9-11H2,1-4H3;8,12-13H,7,9H2,1-6H3;8,13H,6-7,9-10H2,1-5H3;6,8,13H,1,7,9-10H2,2-5H3;8,12H,6-7,9H2,1-5H3;7,11H,6,8H2,1-5H3;7,11-12H,5-6,8H2,1-4H3. The smallest absolute Gasteiger partial charge is 0.0692 e. The molecule has 1 fully saturated rings. The van der Waals surface area contributed by atoms with Gasteiger partial charge in [-0.2, -0.15) is 36.8 Å². The van der Waals surface area contributed by atoms with E-state index < -0.39 is 0 Å². The van der Waals surface area contributed by atoms with Gasteiger partial charge >= 0.3 is 0 Å². The Balaban J connectivity index is -0.000000264. The molecule has 0 saturated heterocycles. The van der Waals surface area contributed by atoms with E-state index in [1.807, 2.05) is 26.8 Å². The normalized spacial score (nSPS) is 16.6. The molecule has 0 bridgehead atoms. The van der Waals surface area contributed by atoms with Crippen molar-refractivity contribution in [1.29, 1.82) is 36.8 Å². The van der Waals surface area contributed by atoms with Gasteiger partial charge in [-0.25, -0.2) is 0 Å². The van der Waals surface area contributed by atoms with Gasteiger partial charge in [-0.15, -0.1) is 6.58 Å². The van der Waals surface area contributed by atoms with Crippen molar-refractivity contribution in [3.8, 4) is 42.5 Å². The molecule has 0 heterocycles. The lowest BCUT2D eigenvalue weighted by molar-refractivity contribution is 0.169. The minimum absolute atomic E-state index is 0.105. The average molecular weight is 1410 g/mol. The molecule has 1 aliphatic carbocycles. The highest BCUT2D eigenvalue weighted by Gasteiger charge is 2.40. The lowest BCUT2D eigenvalue weighted by Crippen LogP contribution is -2.31. The topological polar surface area (TPSA) is 167 Å². The van der Waals surface area contributed by atoms with Crippen molar-refractivity contribution in [2.45, 2.75) is 376 Å². The summed E-state index contributed by atoms with van der Waals surface area (Å²) in [6, 6.07) is 17.2. The van der Waals surface area contributed by atoms with Crippen LogP contribution >= 0.6 is 0 Å². The van der Waals surface area contributed by atoms with Gasteiger partial charge in [-0.1, -0.05) is 190 Å². The van der Waals surface area contributed by atoms with Crippen LogP contribution in [0.1, 0.15) is 376 Å². The summed E-state index contributed by atoms with van der Waals surface area (Å²) in [5.41, 5.74) is 8.57. The fourth-order valence-electron chi connectivity index (χ4n) is 12.3. The predicted octanol–water partition coefficient (Wildman–Crippen LogP) is 31.0. The summed E-state index contributed by atoms with van der Waals surface area (Å²) in [5, 5.41) is 64.1. The molecule has 7 heteroatoms. The minimum atomic E-state index is -0.253. The Morgan fingerprint density at radius 3 is 0.971 bits per heavy atom.